The van der Waals surface area contributed by atoms with Crippen LogP contribution in [0.25, 0.3) is 0 Å². The summed E-state index contributed by atoms with van der Waals surface area (Å²) in [5.41, 5.74) is 0. The smallest absolute Gasteiger partial charge is 0.220 e. The maximum Gasteiger partial charge on any atom is 0.220 e. The summed E-state index contributed by atoms with van der Waals surface area (Å²) in [7, 11) is 0. The monoisotopic (exact) mass is 112 g/mol. The molecule has 1 saturated heterocycles. The van der Waals surface area contributed by atoms with Crippen molar-refractivity contribution in [2.45, 2.75) is 19.3 Å². The molecule has 1 fully saturated rings. The fraction of sp³-hybridized carbons (Fsp3) is 0.667. The van der Waals surface area contributed by atoms with Gasteiger partial charge in [-0.05, 0) is 19.3 Å². The number of nitrogens with one attached hydrogen (secondary N) is 1. The number of carbonyl (C=O) groups is 1. The Labute approximate surface area is 49.3 Å². The van der Waals surface area contributed by atoms with E-state index in [0.29, 0.717) is 6.42 Å². The quantitative estimate of drug-likeness (QED) is 0.485. The zero-order chi connectivity index (χ0) is 5.82. The van der Waals surface area contributed by atoms with Crippen LogP contribution in [0.1, 0.15) is 19.3 Å². The zero-order valence-corrected chi connectivity index (χ0v) is 4.81. The molecule has 1 rings (SSSR count). The Balaban J connectivity index is 2.27. The SMILES string of the molecule is O=C1C[CH]CCCN1. The van der Waals surface area contributed by atoms with Gasteiger partial charge >= 0.3 is 0 Å². The molecule has 1 aliphatic rings. The summed E-state index contributed by atoms with van der Waals surface area (Å²) >= 11 is 0. The molecule has 1 aliphatic heterocycles. The minimum atomic E-state index is 0.169. The van der Waals surface area contributed by atoms with E-state index < -0.39 is 0 Å². The van der Waals surface area contributed by atoms with Crippen LogP contribution in [0, 0.1) is 6.42 Å². The Morgan fingerprint density at radius 2 is 2.50 bits per heavy atom. The largest absolute Gasteiger partial charge is 0.356 e. The molecule has 0 aromatic carbocycles. The van der Waals surface area contributed by atoms with Gasteiger partial charge in [0, 0.05) is 13.0 Å². The van der Waals surface area contributed by atoms with Crippen LogP contribution in [0.4, 0.5) is 0 Å². The normalized spacial score (nSPS) is 21.8. The van der Waals surface area contributed by atoms with Crippen LogP contribution in [0.15, 0.2) is 0 Å². The van der Waals surface area contributed by atoms with E-state index in [1.54, 1.807) is 0 Å². The van der Waals surface area contributed by atoms with Gasteiger partial charge in [0.1, 0.15) is 0 Å². The molecule has 0 bridgehead atoms. The lowest BCUT2D eigenvalue weighted by atomic mass is 10.2. The number of hydrogen-bond acceptors (Lipinski definition) is 1. The molecule has 0 aromatic heterocycles. The predicted octanol–water partition coefficient (Wildman–Crippen LogP) is 0.491. The topological polar surface area (TPSA) is 29.1 Å². The number of amides is 1. The first-order valence-corrected chi connectivity index (χ1v) is 2.98. The number of carbonyl (C=O) groups excluding carboxylic acids is 1. The lowest BCUT2D eigenvalue weighted by molar-refractivity contribution is -0.120. The van der Waals surface area contributed by atoms with Crippen LogP contribution >= 0.6 is 0 Å². The van der Waals surface area contributed by atoms with E-state index in [1.807, 2.05) is 6.42 Å². The summed E-state index contributed by atoms with van der Waals surface area (Å²) in [4.78, 5) is 10.5. The third-order valence-electron chi connectivity index (χ3n) is 1.24. The van der Waals surface area contributed by atoms with Crippen LogP contribution in [-0.2, 0) is 4.79 Å². The zero-order valence-electron chi connectivity index (χ0n) is 4.81. The van der Waals surface area contributed by atoms with Crippen molar-refractivity contribution < 1.29 is 4.79 Å². The van der Waals surface area contributed by atoms with Crippen molar-refractivity contribution in [2.24, 2.45) is 0 Å². The summed E-state index contributed by atoms with van der Waals surface area (Å²) in [6.07, 6.45) is 4.83. The van der Waals surface area contributed by atoms with Crippen molar-refractivity contribution in [2.75, 3.05) is 6.54 Å². The van der Waals surface area contributed by atoms with Gasteiger partial charge in [-0.15, -0.1) is 0 Å². The molecule has 1 N–H and O–H groups in total. The third-order valence-corrected chi connectivity index (χ3v) is 1.24. The van der Waals surface area contributed by atoms with Crippen LogP contribution in [0.2, 0.25) is 0 Å². The van der Waals surface area contributed by atoms with E-state index in [-0.39, 0.29) is 5.91 Å². The maximum absolute atomic E-state index is 10.5. The summed E-state index contributed by atoms with van der Waals surface area (Å²) in [5, 5.41) is 2.77. The van der Waals surface area contributed by atoms with Gasteiger partial charge in [0.25, 0.3) is 0 Å². The second-order valence-corrected chi connectivity index (χ2v) is 1.98. The second kappa shape index (κ2) is 2.70. The first-order chi connectivity index (χ1) is 3.89. The lowest BCUT2D eigenvalue weighted by Gasteiger charge is -1.93. The molecule has 1 heterocycles. The molecule has 2 nitrogen and oxygen atoms in total. The van der Waals surface area contributed by atoms with E-state index >= 15 is 0 Å². The van der Waals surface area contributed by atoms with Gasteiger partial charge in [-0.25, -0.2) is 0 Å². The van der Waals surface area contributed by atoms with Crippen molar-refractivity contribution in [3.8, 4) is 0 Å². The molecule has 0 aromatic rings. The average molecular weight is 112 g/mol. The van der Waals surface area contributed by atoms with E-state index in [1.165, 1.54) is 0 Å². The van der Waals surface area contributed by atoms with Crippen LogP contribution in [-0.4, -0.2) is 12.5 Å². The summed E-state index contributed by atoms with van der Waals surface area (Å²) < 4.78 is 0. The number of hydrogen-bond donors (Lipinski definition) is 1. The van der Waals surface area contributed by atoms with Gasteiger partial charge in [-0.2, -0.15) is 0 Å². The van der Waals surface area contributed by atoms with E-state index in [2.05, 4.69) is 5.32 Å². The molecule has 8 heavy (non-hydrogen) atoms. The van der Waals surface area contributed by atoms with Gasteiger partial charge in [0.05, 0.1) is 0 Å². The maximum atomic E-state index is 10.5. The van der Waals surface area contributed by atoms with Crippen molar-refractivity contribution in [1.29, 1.82) is 0 Å². The molecule has 0 unspecified atom stereocenters. The molecule has 0 spiro atoms. The van der Waals surface area contributed by atoms with Gasteiger partial charge in [0.15, 0.2) is 0 Å². The Morgan fingerprint density at radius 1 is 1.62 bits per heavy atom. The fourth-order valence-corrected chi connectivity index (χ4v) is 0.780. The standard InChI is InChI=1S/C6H10NO/c8-6-4-2-1-3-5-7-6/h2H,1,3-5H2,(H,7,8). The summed E-state index contributed by atoms with van der Waals surface area (Å²) in [6.45, 7) is 0.856. The minimum absolute atomic E-state index is 0.169. The molecular weight excluding hydrogens is 102 g/mol. The molecule has 1 amide bonds. The molecule has 45 valence electrons. The minimum Gasteiger partial charge on any atom is -0.356 e. The first kappa shape index (κ1) is 5.60. The number of rotatable bonds is 0. The highest BCUT2D eigenvalue weighted by atomic mass is 16.1. The molecular formula is C6H10NO. The molecule has 2 heteroatoms. The summed E-state index contributed by atoms with van der Waals surface area (Å²) in [5.74, 6) is 0.169. The van der Waals surface area contributed by atoms with Gasteiger partial charge in [0.2, 0.25) is 5.91 Å². The highest BCUT2D eigenvalue weighted by Crippen LogP contribution is 2.00. The van der Waals surface area contributed by atoms with Crippen LogP contribution < -0.4 is 5.32 Å². The highest BCUT2D eigenvalue weighted by Gasteiger charge is 2.03. The van der Waals surface area contributed by atoms with Crippen LogP contribution in [0.3, 0.4) is 0 Å². The predicted molar refractivity (Wildman–Crippen MR) is 31.2 cm³/mol. The van der Waals surface area contributed by atoms with Gasteiger partial charge < -0.3 is 5.32 Å². The fourth-order valence-electron chi connectivity index (χ4n) is 0.780. The molecule has 0 aliphatic carbocycles. The van der Waals surface area contributed by atoms with Crippen molar-refractivity contribution in [1.82, 2.24) is 5.32 Å². The Morgan fingerprint density at radius 3 is 3.38 bits per heavy atom. The highest BCUT2D eigenvalue weighted by molar-refractivity contribution is 5.77. The third kappa shape index (κ3) is 1.52. The Hall–Kier alpha value is -0.530. The summed E-state index contributed by atoms with van der Waals surface area (Å²) in [6, 6.07) is 0. The average Bonchev–Trinajstić information content (AvgIpc) is 1.94. The Kier molecular flexibility index (Phi) is 1.89. The Bertz CT molecular complexity index is 80.5. The lowest BCUT2D eigenvalue weighted by Crippen LogP contribution is -2.21. The van der Waals surface area contributed by atoms with Crippen LogP contribution in [0.5, 0.6) is 0 Å². The second-order valence-electron chi connectivity index (χ2n) is 1.98. The van der Waals surface area contributed by atoms with E-state index in [0.717, 1.165) is 19.4 Å². The molecule has 1 radical (unpaired) electrons. The van der Waals surface area contributed by atoms with Crippen molar-refractivity contribution in [3.63, 3.8) is 0 Å². The first-order valence-electron chi connectivity index (χ1n) is 2.98. The van der Waals surface area contributed by atoms with Gasteiger partial charge in [-0.3, -0.25) is 4.79 Å². The molecule has 0 saturated carbocycles. The van der Waals surface area contributed by atoms with E-state index in [4.69, 9.17) is 0 Å². The van der Waals surface area contributed by atoms with E-state index in [9.17, 15) is 4.79 Å². The molecule has 0 atom stereocenters. The van der Waals surface area contributed by atoms with Crippen molar-refractivity contribution >= 4 is 5.91 Å². The van der Waals surface area contributed by atoms with Gasteiger partial charge in [-0.1, -0.05) is 0 Å². The van der Waals surface area contributed by atoms with Crippen molar-refractivity contribution in [3.05, 3.63) is 6.42 Å².